The van der Waals surface area contributed by atoms with Crippen molar-refractivity contribution in [2.75, 3.05) is 18.1 Å². The molecule has 0 radical (unpaired) electrons. The summed E-state index contributed by atoms with van der Waals surface area (Å²) in [4.78, 5) is 18.3. The van der Waals surface area contributed by atoms with Crippen LogP contribution in [0.15, 0.2) is 48.0 Å². The van der Waals surface area contributed by atoms with Gasteiger partial charge < -0.3 is 10.2 Å². The first-order valence-corrected chi connectivity index (χ1v) is 8.54. The summed E-state index contributed by atoms with van der Waals surface area (Å²) in [7, 11) is 1.77. The molecule has 0 aliphatic carbocycles. The second-order valence-corrected chi connectivity index (χ2v) is 6.42. The van der Waals surface area contributed by atoms with E-state index in [0.29, 0.717) is 5.17 Å². The largest absolute Gasteiger partial charge is 0.324 e. The number of thioether (sulfide) groups is 1. The van der Waals surface area contributed by atoms with Crippen LogP contribution in [-0.4, -0.2) is 28.8 Å². The smallest absolute Gasteiger partial charge is 0.234 e. The number of aliphatic imine (C=N–C) groups is 1. The van der Waals surface area contributed by atoms with Crippen LogP contribution in [0.2, 0.25) is 0 Å². The van der Waals surface area contributed by atoms with Crippen molar-refractivity contribution in [1.29, 1.82) is 0 Å². The first-order valence-electron chi connectivity index (χ1n) is 7.55. The lowest BCUT2D eigenvalue weighted by molar-refractivity contribution is -0.113. The van der Waals surface area contributed by atoms with Crippen LogP contribution in [0.25, 0.3) is 5.70 Å². The predicted octanol–water partition coefficient (Wildman–Crippen LogP) is 4.38. The van der Waals surface area contributed by atoms with Gasteiger partial charge in [-0.1, -0.05) is 36.5 Å². The second-order valence-electron chi connectivity index (χ2n) is 5.48. The summed E-state index contributed by atoms with van der Waals surface area (Å²) in [5.41, 5.74) is 1.96. The van der Waals surface area contributed by atoms with E-state index in [2.05, 4.69) is 16.9 Å². The van der Waals surface area contributed by atoms with Crippen molar-refractivity contribution in [2.45, 2.75) is 0 Å². The molecule has 0 aromatic heterocycles. The van der Waals surface area contributed by atoms with Crippen molar-refractivity contribution in [3.63, 3.8) is 0 Å². The lowest BCUT2D eigenvalue weighted by Gasteiger charge is -2.28. The maximum atomic E-state index is 13.6. The molecule has 0 saturated carbocycles. The SMILES string of the molecule is C=C1c2ccccc2N=C(SCC(=O)Nc2ccc(F)c(F)c2F)N1C. The molecule has 0 atom stereocenters. The molecule has 8 heteroatoms. The van der Waals surface area contributed by atoms with E-state index in [1.54, 1.807) is 11.9 Å². The van der Waals surface area contributed by atoms with Gasteiger partial charge in [0.1, 0.15) is 0 Å². The van der Waals surface area contributed by atoms with Gasteiger partial charge in [0.2, 0.25) is 5.91 Å². The van der Waals surface area contributed by atoms with Crippen molar-refractivity contribution in [3.8, 4) is 0 Å². The highest BCUT2D eigenvalue weighted by molar-refractivity contribution is 8.14. The van der Waals surface area contributed by atoms with Gasteiger partial charge in [0.15, 0.2) is 22.6 Å². The van der Waals surface area contributed by atoms with Gasteiger partial charge in [0.05, 0.1) is 17.1 Å². The zero-order chi connectivity index (χ0) is 18.8. The molecule has 0 fully saturated rings. The van der Waals surface area contributed by atoms with E-state index in [-0.39, 0.29) is 5.75 Å². The van der Waals surface area contributed by atoms with Crippen molar-refractivity contribution >= 4 is 39.9 Å². The fraction of sp³-hybridized carbons (Fsp3) is 0.111. The summed E-state index contributed by atoms with van der Waals surface area (Å²) < 4.78 is 39.8. The van der Waals surface area contributed by atoms with Crippen LogP contribution < -0.4 is 5.32 Å². The Bertz CT molecular complexity index is 930. The summed E-state index contributed by atoms with van der Waals surface area (Å²) >= 11 is 1.13. The Morgan fingerprint density at radius 1 is 1.19 bits per heavy atom. The Morgan fingerprint density at radius 2 is 1.92 bits per heavy atom. The van der Waals surface area contributed by atoms with Gasteiger partial charge in [-0.15, -0.1) is 0 Å². The molecule has 1 amide bonds. The lowest BCUT2D eigenvalue weighted by atomic mass is 10.1. The van der Waals surface area contributed by atoms with E-state index in [1.165, 1.54) is 0 Å². The van der Waals surface area contributed by atoms with Gasteiger partial charge >= 0.3 is 0 Å². The third-order valence-electron chi connectivity index (χ3n) is 3.76. The van der Waals surface area contributed by atoms with Crippen LogP contribution in [0, 0.1) is 17.5 Å². The number of hydrogen-bond donors (Lipinski definition) is 1. The number of anilines is 1. The predicted molar refractivity (Wildman–Crippen MR) is 97.7 cm³/mol. The Kier molecular flexibility index (Phi) is 5.03. The quantitative estimate of drug-likeness (QED) is 0.808. The molecule has 2 aromatic carbocycles. The highest BCUT2D eigenvalue weighted by atomic mass is 32.2. The van der Waals surface area contributed by atoms with E-state index in [0.717, 1.165) is 40.8 Å². The Morgan fingerprint density at radius 3 is 2.69 bits per heavy atom. The van der Waals surface area contributed by atoms with Crippen molar-refractivity contribution < 1.29 is 18.0 Å². The highest BCUT2D eigenvalue weighted by Crippen LogP contribution is 2.34. The van der Waals surface area contributed by atoms with Gasteiger partial charge in [0, 0.05) is 18.3 Å². The molecule has 1 N–H and O–H groups in total. The van der Waals surface area contributed by atoms with Crippen LogP contribution in [0.5, 0.6) is 0 Å². The molecule has 1 aliphatic heterocycles. The minimum Gasteiger partial charge on any atom is -0.324 e. The van der Waals surface area contributed by atoms with Crippen LogP contribution >= 0.6 is 11.8 Å². The first kappa shape index (κ1) is 18.1. The third-order valence-corrected chi connectivity index (χ3v) is 4.79. The number of carbonyl (C=O) groups excluding carboxylic acids is 1. The van der Waals surface area contributed by atoms with Crippen LogP contribution in [0.1, 0.15) is 5.56 Å². The number of carbonyl (C=O) groups is 1. The van der Waals surface area contributed by atoms with E-state index in [9.17, 15) is 18.0 Å². The summed E-state index contributed by atoms with van der Waals surface area (Å²) in [6.07, 6.45) is 0. The maximum absolute atomic E-state index is 13.6. The zero-order valence-electron chi connectivity index (χ0n) is 13.7. The minimum atomic E-state index is -1.63. The van der Waals surface area contributed by atoms with E-state index in [4.69, 9.17) is 0 Å². The topological polar surface area (TPSA) is 44.7 Å². The number of hydrogen-bond acceptors (Lipinski definition) is 4. The number of halogens is 3. The first-order chi connectivity index (χ1) is 12.4. The Labute approximate surface area is 152 Å². The van der Waals surface area contributed by atoms with Gasteiger partial charge in [-0.05, 0) is 18.2 Å². The Hall–Kier alpha value is -2.74. The average molecular weight is 377 g/mol. The number of benzene rings is 2. The monoisotopic (exact) mass is 377 g/mol. The molecule has 134 valence electrons. The fourth-order valence-electron chi connectivity index (χ4n) is 2.36. The molecule has 0 unspecified atom stereocenters. The van der Waals surface area contributed by atoms with Gasteiger partial charge in [-0.3, -0.25) is 4.79 Å². The number of nitrogens with one attached hydrogen (secondary N) is 1. The maximum Gasteiger partial charge on any atom is 0.234 e. The normalized spacial score (nSPS) is 13.3. The number of amidine groups is 1. The Balaban J connectivity index is 1.69. The highest BCUT2D eigenvalue weighted by Gasteiger charge is 2.22. The molecule has 1 aliphatic rings. The van der Waals surface area contributed by atoms with Crippen molar-refractivity contribution in [1.82, 2.24) is 4.90 Å². The molecule has 0 bridgehead atoms. The van der Waals surface area contributed by atoms with E-state index >= 15 is 0 Å². The number of para-hydroxylation sites is 1. The molecule has 26 heavy (non-hydrogen) atoms. The number of amides is 1. The van der Waals surface area contributed by atoms with Gasteiger partial charge in [-0.25, -0.2) is 18.2 Å². The van der Waals surface area contributed by atoms with Crippen LogP contribution in [0.3, 0.4) is 0 Å². The van der Waals surface area contributed by atoms with Crippen molar-refractivity contribution in [3.05, 3.63) is 66.0 Å². The number of fused-ring (bicyclic) bond motifs is 1. The van der Waals surface area contributed by atoms with E-state index in [1.807, 2.05) is 24.3 Å². The number of rotatable bonds is 3. The molecule has 1 heterocycles. The van der Waals surface area contributed by atoms with Crippen LogP contribution in [0.4, 0.5) is 24.5 Å². The molecule has 2 aromatic rings. The standard InChI is InChI=1S/C18H14F3N3OS/c1-10-11-5-3-4-6-13(11)23-18(24(10)2)26-9-15(25)22-14-8-7-12(19)16(20)17(14)21/h3-8H,1,9H2,2H3,(H,22,25). The van der Waals surface area contributed by atoms with Crippen LogP contribution in [-0.2, 0) is 4.79 Å². The fourth-order valence-corrected chi connectivity index (χ4v) is 3.16. The third kappa shape index (κ3) is 3.45. The minimum absolute atomic E-state index is 0.0863. The molecule has 0 saturated heterocycles. The zero-order valence-corrected chi connectivity index (χ0v) is 14.5. The lowest BCUT2D eigenvalue weighted by Crippen LogP contribution is -2.27. The van der Waals surface area contributed by atoms with Crippen molar-refractivity contribution in [2.24, 2.45) is 4.99 Å². The molecular weight excluding hydrogens is 363 g/mol. The second kappa shape index (κ2) is 7.25. The van der Waals surface area contributed by atoms with Gasteiger partial charge in [0.25, 0.3) is 0 Å². The van der Waals surface area contributed by atoms with Gasteiger partial charge in [-0.2, -0.15) is 0 Å². The molecule has 4 nitrogen and oxygen atoms in total. The molecule has 0 spiro atoms. The summed E-state index contributed by atoms with van der Waals surface area (Å²) in [5, 5.41) is 2.78. The van der Waals surface area contributed by atoms with E-state index < -0.39 is 29.0 Å². The summed E-state index contributed by atoms with van der Waals surface area (Å²) in [5.74, 6) is -5.03. The summed E-state index contributed by atoms with van der Waals surface area (Å²) in [6.45, 7) is 4.02. The molecular formula is C18H14F3N3OS. The summed E-state index contributed by atoms with van der Waals surface area (Å²) in [6, 6.07) is 9.19. The molecule has 3 rings (SSSR count). The average Bonchev–Trinajstić information content (AvgIpc) is 2.64. The number of nitrogens with zero attached hydrogens (tertiary/aromatic N) is 2.